The van der Waals surface area contributed by atoms with E-state index in [0.29, 0.717) is 16.4 Å². The van der Waals surface area contributed by atoms with Gasteiger partial charge in [0.2, 0.25) is 0 Å². The number of hydrogen-bond acceptors (Lipinski definition) is 5. The molecule has 0 amide bonds. The summed E-state index contributed by atoms with van der Waals surface area (Å²) >= 11 is 1.19. The maximum atomic E-state index is 14.4. The van der Waals surface area contributed by atoms with Gasteiger partial charge in [-0.1, -0.05) is 30.0 Å². The second kappa shape index (κ2) is 6.62. The van der Waals surface area contributed by atoms with E-state index in [2.05, 4.69) is 5.10 Å². The summed E-state index contributed by atoms with van der Waals surface area (Å²) in [6, 6.07) is 11.2. The van der Waals surface area contributed by atoms with Crippen molar-refractivity contribution < 1.29 is 8.78 Å². The zero-order valence-corrected chi connectivity index (χ0v) is 15.3. The fourth-order valence-electron chi connectivity index (χ4n) is 3.20. The van der Waals surface area contributed by atoms with Crippen LogP contribution in [0.3, 0.4) is 0 Å². The first-order chi connectivity index (χ1) is 13.0. The summed E-state index contributed by atoms with van der Waals surface area (Å²) in [5, 5.41) is 4.12. The summed E-state index contributed by atoms with van der Waals surface area (Å²) in [5.74, 6) is -1.23. The molecule has 1 unspecified atom stereocenters. The average Bonchev–Trinajstić information content (AvgIpc) is 3.17. The lowest BCUT2D eigenvalue weighted by molar-refractivity contribution is 0.554. The highest BCUT2D eigenvalue weighted by molar-refractivity contribution is 8.03. The quantitative estimate of drug-likeness (QED) is 0.668. The van der Waals surface area contributed by atoms with E-state index >= 15 is 0 Å². The number of aromatic nitrogens is 2. The summed E-state index contributed by atoms with van der Waals surface area (Å²) in [6.45, 7) is 0. The predicted molar refractivity (Wildman–Crippen MR) is 104 cm³/mol. The van der Waals surface area contributed by atoms with Gasteiger partial charge in [-0.25, -0.2) is 8.78 Å². The highest BCUT2D eigenvalue weighted by Crippen LogP contribution is 2.48. The Kier molecular flexibility index (Phi) is 4.27. The number of nitrogens with zero attached hydrogens (tertiary/aromatic N) is 3. The van der Waals surface area contributed by atoms with Crippen molar-refractivity contribution in [1.82, 2.24) is 9.78 Å². The molecule has 0 fully saturated rings. The molecule has 1 aromatic heterocycles. The Labute approximate surface area is 159 Å². The van der Waals surface area contributed by atoms with Gasteiger partial charge in [-0.3, -0.25) is 4.68 Å². The normalized spacial score (nSPS) is 16.6. The zero-order chi connectivity index (χ0) is 19.1. The largest absolute Gasteiger partial charge is 0.399 e. The van der Waals surface area contributed by atoms with E-state index < -0.39 is 17.0 Å². The third-order valence-corrected chi connectivity index (χ3v) is 5.43. The van der Waals surface area contributed by atoms with Crippen molar-refractivity contribution in [2.45, 2.75) is 5.37 Å². The monoisotopic (exact) mass is 385 g/mol. The fraction of sp³-hybridized carbons (Fsp3) is 0.105. The summed E-state index contributed by atoms with van der Waals surface area (Å²) in [6.07, 6.45) is 3.33. The Morgan fingerprint density at radius 2 is 1.78 bits per heavy atom. The summed E-state index contributed by atoms with van der Waals surface area (Å²) in [7, 11) is 1.80. The number of rotatable bonds is 3. The molecule has 2 heterocycles. The van der Waals surface area contributed by atoms with Gasteiger partial charge < -0.3 is 16.4 Å². The molecule has 1 aliphatic rings. The van der Waals surface area contributed by atoms with Crippen LogP contribution < -0.4 is 16.4 Å². The molecule has 1 atom stereocenters. The van der Waals surface area contributed by atoms with Crippen molar-refractivity contribution in [2.24, 2.45) is 12.8 Å². The molecule has 0 saturated heterocycles. The van der Waals surface area contributed by atoms with E-state index in [1.54, 1.807) is 35.1 Å². The Bertz CT molecular complexity index is 1030. The molecule has 138 valence electrons. The van der Waals surface area contributed by atoms with Gasteiger partial charge in [-0.15, -0.1) is 0 Å². The van der Waals surface area contributed by atoms with E-state index in [1.165, 1.54) is 30.0 Å². The van der Waals surface area contributed by atoms with Crippen LogP contribution in [0.4, 0.5) is 20.2 Å². The van der Waals surface area contributed by atoms with Crippen LogP contribution in [-0.4, -0.2) is 9.78 Å². The van der Waals surface area contributed by atoms with Crippen molar-refractivity contribution in [3.8, 4) is 11.3 Å². The van der Waals surface area contributed by atoms with Crippen LogP contribution in [0.15, 0.2) is 59.9 Å². The minimum absolute atomic E-state index is 0.0402. The first-order valence-corrected chi connectivity index (χ1v) is 9.08. The Morgan fingerprint density at radius 1 is 1.07 bits per heavy atom. The number of aryl methyl sites for hydroxylation is 1. The summed E-state index contributed by atoms with van der Waals surface area (Å²) in [5.41, 5.74) is 14.8. The van der Waals surface area contributed by atoms with E-state index in [4.69, 9.17) is 11.5 Å². The van der Waals surface area contributed by atoms with E-state index in [0.717, 1.165) is 11.3 Å². The third-order valence-electron chi connectivity index (χ3n) is 4.37. The van der Waals surface area contributed by atoms with Crippen molar-refractivity contribution >= 4 is 23.1 Å². The first-order valence-electron chi connectivity index (χ1n) is 8.20. The third kappa shape index (κ3) is 3.02. The number of halogens is 2. The predicted octanol–water partition coefficient (Wildman–Crippen LogP) is 3.96. The highest BCUT2D eigenvalue weighted by atomic mass is 32.2. The number of benzene rings is 2. The molecule has 0 spiro atoms. The molecule has 3 aromatic rings. The van der Waals surface area contributed by atoms with Crippen molar-refractivity contribution in [2.75, 3.05) is 10.6 Å². The maximum absolute atomic E-state index is 14.4. The fourth-order valence-corrected chi connectivity index (χ4v) is 4.26. The molecule has 0 saturated carbocycles. The molecular weight excluding hydrogens is 368 g/mol. The maximum Gasteiger partial charge on any atom is 0.132 e. The van der Waals surface area contributed by atoms with Gasteiger partial charge in [0.1, 0.15) is 17.0 Å². The number of nitrogen functional groups attached to an aromatic ring is 1. The molecule has 5 nitrogen and oxygen atoms in total. The van der Waals surface area contributed by atoms with Gasteiger partial charge in [0.25, 0.3) is 0 Å². The topological polar surface area (TPSA) is 73.1 Å². The molecule has 8 heteroatoms. The van der Waals surface area contributed by atoms with E-state index in [9.17, 15) is 8.78 Å². The van der Waals surface area contributed by atoms with Gasteiger partial charge >= 0.3 is 0 Å². The smallest absolute Gasteiger partial charge is 0.132 e. The standard InChI is InChI=1S/C19H17F2N5S/c1-25-18(11-4-2-5-12(22)8-11)15(9-24-25)26-10-16(23)27-19(26)17-13(20)6-3-7-14(17)21/h2-10,19H,22-23H2,1H3. The second-order valence-corrected chi connectivity index (χ2v) is 7.33. The molecule has 0 aliphatic carbocycles. The average molecular weight is 385 g/mol. The van der Waals surface area contributed by atoms with Crippen molar-refractivity contribution in [3.63, 3.8) is 0 Å². The molecule has 0 radical (unpaired) electrons. The van der Waals surface area contributed by atoms with Gasteiger partial charge in [0.05, 0.1) is 28.2 Å². The van der Waals surface area contributed by atoms with Gasteiger partial charge in [-0.2, -0.15) is 5.10 Å². The number of anilines is 2. The molecule has 0 bridgehead atoms. The van der Waals surface area contributed by atoms with Gasteiger partial charge in [0, 0.05) is 24.5 Å². The Hall–Kier alpha value is -3.00. The lowest BCUT2D eigenvalue weighted by Crippen LogP contribution is -2.19. The Morgan fingerprint density at radius 3 is 2.48 bits per heavy atom. The lowest BCUT2D eigenvalue weighted by atomic mass is 10.1. The molecule has 2 aromatic carbocycles. The summed E-state index contributed by atoms with van der Waals surface area (Å²) < 4.78 is 30.5. The van der Waals surface area contributed by atoms with Crippen LogP contribution in [0.2, 0.25) is 0 Å². The van der Waals surface area contributed by atoms with Crippen LogP contribution >= 0.6 is 11.8 Å². The molecule has 27 heavy (non-hydrogen) atoms. The van der Waals surface area contributed by atoms with Gasteiger partial charge in [-0.05, 0) is 24.3 Å². The molecular formula is C19H17F2N5S. The van der Waals surface area contributed by atoms with E-state index in [-0.39, 0.29) is 5.56 Å². The van der Waals surface area contributed by atoms with E-state index in [1.807, 2.05) is 18.2 Å². The summed E-state index contributed by atoms with van der Waals surface area (Å²) in [4.78, 5) is 1.74. The first kappa shape index (κ1) is 17.4. The molecule has 1 aliphatic heterocycles. The minimum Gasteiger partial charge on any atom is -0.399 e. The van der Waals surface area contributed by atoms with Crippen LogP contribution in [0, 0.1) is 11.6 Å². The van der Waals surface area contributed by atoms with Crippen LogP contribution in [0.1, 0.15) is 10.9 Å². The number of hydrogen-bond donors (Lipinski definition) is 2. The van der Waals surface area contributed by atoms with Crippen molar-refractivity contribution in [3.05, 3.63) is 77.1 Å². The van der Waals surface area contributed by atoms with Gasteiger partial charge in [0.15, 0.2) is 0 Å². The highest BCUT2D eigenvalue weighted by Gasteiger charge is 2.34. The SMILES string of the molecule is Cn1ncc(N2C=C(N)SC2c2c(F)cccc2F)c1-c1cccc(N)c1. The lowest BCUT2D eigenvalue weighted by Gasteiger charge is -2.25. The second-order valence-electron chi connectivity index (χ2n) is 6.17. The number of nitrogens with two attached hydrogens (primary N) is 2. The van der Waals surface area contributed by atoms with Crippen LogP contribution in [-0.2, 0) is 7.05 Å². The number of thioether (sulfide) groups is 1. The molecule has 4 rings (SSSR count). The molecule has 4 N–H and O–H groups in total. The van der Waals surface area contributed by atoms with Crippen molar-refractivity contribution in [1.29, 1.82) is 0 Å². The van der Waals surface area contributed by atoms with Crippen LogP contribution in [0.5, 0.6) is 0 Å². The minimum atomic E-state index is -0.671. The zero-order valence-electron chi connectivity index (χ0n) is 14.4. The Balaban J connectivity index is 1.85. The van der Waals surface area contributed by atoms with Crippen LogP contribution in [0.25, 0.3) is 11.3 Å².